The quantitative estimate of drug-likeness (QED) is 0.818. The molecule has 1 fully saturated rings. The van der Waals surface area contributed by atoms with E-state index in [0.717, 1.165) is 13.1 Å². The SMILES string of the molecule is OCC1CN(c2ccc(Br)c(F)n2)C1. The van der Waals surface area contributed by atoms with Gasteiger partial charge in [0.05, 0.1) is 4.47 Å². The molecule has 1 aromatic heterocycles. The average Bonchev–Trinajstić information content (AvgIpc) is 2.09. The lowest BCUT2D eigenvalue weighted by Gasteiger charge is -2.39. The number of pyridine rings is 1. The Bertz CT molecular complexity index is 342. The molecule has 3 nitrogen and oxygen atoms in total. The number of halogens is 2. The summed E-state index contributed by atoms with van der Waals surface area (Å²) in [5.74, 6) is 0.453. The van der Waals surface area contributed by atoms with Gasteiger partial charge in [0.1, 0.15) is 5.82 Å². The third-order valence-electron chi connectivity index (χ3n) is 2.33. The molecule has 76 valence electrons. The molecule has 2 rings (SSSR count). The van der Waals surface area contributed by atoms with E-state index in [9.17, 15) is 4.39 Å². The summed E-state index contributed by atoms with van der Waals surface area (Å²) in [4.78, 5) is 5.74. The zero-order valence-electron chi connectivity index (χ0n) is 7.45. The second kappa shape index (κ2) is 3.82. The van der Waals surface area contributed by atoms with Gasteiger partial charge in [-0.3, -0.25) is 0 Å². The van der Waals surface area contributed by atoms with Crippen molar-refractivity contribution in [3.05, 3.63) is 22.6 Å². The number of nitrogens with zero attached hydrogens (tertiary/aromatic N) is 2. The Labute approximate surface area is 89.7 Å². The van der Waals surface area contributed by atoms with Crippen LogP contribution in [0.5, 0.6) is 0 Å². The van der Waals surface area contributed by atoms with E-state index in [1.165, 1.54) is 0 Å². The Morgan fingerprint density at radius 3 is 2.86 bits per heavy atom. The monoisotopic (exact) mass is 260 g/mol. The smallest absolute Gasteiger partial charge is 0.229 e. The molecular weight excluding hydrogens is 251 g/mol. The molecule has 0 aliphatic carbocycles. The standard InChI is InChI=1S/C9H10BrFN2O/c10-7-1-2-8(12-9(7)11)13-3-6(4-13)5-14/h1-2,6,14H,3-5H2. The van der Waals surface area contributed by atoms with Crippen molar-refractivity contribution in [2.24, 2.45) is 5.92 Å². The van der Waals surface area contributed by atoms with E-state index in [0.29, 0.717) is 16.2 Å². The summed E-state index contributed by atoms with van der Waals surface area (Å²) in [5.41, 5.74) is 0. The number of hydrogen-bond donors (Lipinski definition) is 1. The second-order valence-electron chi connectivity index (χ2n) is 3.40. The van der Waals surface area contributed by atoms with E-state index in [4.69, 9.17) is 5.11 Å². The summed E-state index contributed by atoms with van der Waals surface area (Å²) in [5, 5.41) is 8.82. The topological polar surface area (TPSA) is 36.4 Å². The fourth-order valence-electron chi connectivity index (χ4n) is 1.46. The Balaban J connectivity index is 2.08. The zero-order chi connectivity index (χ0) is 10.1. The van der Waals surface area contributed by atoms with Gasteiger partial charge >= 0.3 is 0 Å². The highest BCUT2D eigenvalue weighted by molar-refractivity contribution is 9.10. The normalized spacial score (nSPS) is 16.9. The third kappa shape index (κ3) is 1.74. The van der Waals surface area contributed by atoms with Crippen LogP contribution in [0.3, 0.4) is 0 Å². The molecule has 0 saturated carbocycles. The van der Waals surface area contributed by atoms with Crippen LogP contribution >= 0.6 is 15.9 Å². The van der Waals surface area contributed by atoms with Crippen LogP contribution in [0, 0.1) is 11.9 Å². The van der Waals surface area contributed by atoms with E-state index in [-0.39, 0.29) is 6.61 Å². The molecule has 1 N–H and O–H groups in total. The van der Waals surface area contributed by atoms with Crippen LogP contribution in [-0.2, 0) is 0 Å². The van der Waals surface area contributed by atoms with Gasteiger partial charge in [0, 0.05) is 25.6 Å². The molecular formula is C9H10BrFN2O. The van der Waals surface area contributed by atoms with Gasteiger partial charge in [-0.1, -0.05) is 0 Å². The van der Waals surface area contributed by atoms with Crippen molar-refractivity contribution in [1.29, 1.82) is 0 Å². The molecule has 1 aliphatic heterocycles. The largest absolute Gasteiger partial charge is 0.396 e. The second-order valence-corrected chi connectivity index (χ2v) is 4.25. The van der Waals surface area contributed by atoms with Gasteiger partial charge in [-0.15, -0.1) is 0 Å². The van der Waals surface area contributed by atoms with Crippen molar-refractivity contribution < 1.29 is 9.50 Å². The molecule has 2 heterocycles. The van der Waals surface area contributed by atoms with Crippen molar-refractivity contribution >= 4 is 21.7 Å². The lowest BCUT2D eigenvalue weighted by molar-refractivity contribution is 0.200. The highest BCUT2D eigenvalue weighted by Gasteiger charge is 2.27. The van der Waals surface area contributed by atoms with Gasteiger partial charge < -0.3 is 10.0 Å². The van der Waals surface area contributed by atoms with Crippen LogP contribution in [0.25, 0.3) is 0 Å². The van der Waals surface area contributed by atoms with Gasteiger partial charge in [-0.25, -0.2) is 4.98 Å². The fourth-order valence-corrected chi connectivity index (χ4v) is 1.68. The van der Waals surface area contributed by atoms with Crippen LogP contribution < -0.4 is 4.90 Å². The third-order valence-corrected chi connectivity index (χ3v) is 2.92. The van der Waals surface area contributed by atoms with Crippen molar-refractivity contribution in [2.75, 3.05) is 24.6 Å². The summed E-state index contributed by atoms with van der Waals surface area (Å²) in [6, 6.07) is 3.41. The van der Waals surface area contributed by atoms with Crippen molar-refractivity contribution in [1.82, 2.24) is 4.98 Å². The number of rotatable bonds is 2. The predicted molar refractivity (Wildman–Crippen MR) is 54.7 cm³/mol. The first-order chi connectivity index (χ1) is 6.70. The molecule has 5 heteroatoms. The van der Waals surface area contributed by atoms with Crippen molar-refractivity contribution in [2.45, 2.75) is 0 Å². The molecule has 1 aromatic rings. The van der Waals surface area contributed by atoms with Gasteiger partial charge in [0.15, 0.2) is 0 Å². The molecule has 0 bridgehead atoms. The molecule has 0 spiro atoms. The first kappa shape index (κ1) is 9.86. The number of aliphatic hydroxyl groups excluding tert-OH is 1. The van der Waals surface area contributed by atoms with Gasteiger partial charge in [0.25, 0.3) is 0 Å². The summed E-state index contributed by atoms with van der Waals surface area (Å²) < 4.78 is 13.4. The first-order valence-corrected chi connectivity index (χ1v) is 5.18. The van der Waals surface area contributed by atoms with Crippen molar-refractivity contribution in [3.63, 3.8) is 0 Å². The highest BCUT2D eigenvalue weighted by Crippen LogP contribution is 2.24. The average molecular weight is 261 g/mol. The Hall–Kier alpha value is -0.680. The molecule has 0 aromatic carbocycles. The number of hydrogen-bond acceptors (Lipinski definition) is 3. The van der Waals surface area contributed by atoms with Gasteiger partial charge in [-0.2, -0.15) is 4.39 Å². The summed E-state index contributed by atoms with van der Waals surface area (Å²) in [7, 11) is 0. The number of anilines is 1. The van der Waals surface area contributed by atoms with E-state index in [1.54, 1.807) is 12.1 Å². The minimum atomic E-state index is -0.491. The Kier molecular flexibility index (Phi) is 2.69. The maximum Gasteiger partial charge on any atom is 0.229 e. The molecule has 0 unspecified atom stereocenters. The van der Waals surface area contributed by atoms with Crippen molar-refractivity contribution in [3.8, 4) is 0 Å². The zero-order valence-corrected chi connectivity index (χ0v) is 9.04. The molecule has 0 radical (unpaired) electrons. The fraction of sp³-hybridized carbons (Fsp3) is 0.444. The number of aliphatic hydroxyl groups is 1. The lowest BCUT2D eigenvalue weighted by Crippen LogP contribution is -2.48. The van der Waals surface area contributed by atoms with Gasteiger partial charge in [0.2, 0.25) is 5.95 Å². The number of aromatic nitrogens is 1. The molecule has 14 heavy (non-hydrogen) atoms. The highest BCUT2D eigenvalue weighted by atomic mass is 79.9. The lowest BCUT2D eigenvalue weighted by atomic mass is 10.0. The molecule has 0 amide bonds. The Morgan fingerprint density at radius 2 is 2.29 bits per heavy atom. The minimum Gasteiger partial charge on any atom is -0.396 e. The van der Waals surface area contributed by atoms with Crippen LogP contribution in [0.1, 0.15) is 0 Å². The van der Waals surface area contributed by atoms with Crippen LogP contribution in [-0.4, -0.2) is 29.8 Å². The van der Waals surface area contributed by atoms with E-state index < -0.39 is 5.95 Å². The molecule has 0 atom stereocenters. The summed E-state index contributed by atoms with van der Waals surface area (Å²) in [6.45, 7) is 1.70. The predicted octanol–water partition coefficient (Wildman–Crippen LogP) is 1.41. The maximum absolute atomic E-state index is 13.0. The minimum absolute atomic E-state index is 0.190. The van der Waals surface area contributed by atoms with E-state index >= 15 is 0 Å². The Morgan fingerprint density at radius 1 is 1.57 bits per heavy atom. The van der Waals surface area contributed by atoms with E-state index in [1.807, 2.05) is 4.90 Å². The van der Waals surface area contributed by atoms with Gasteiger partial charge in [-0.05, 0) is 28.1 Å². The summed E-state index contributed by atoms with van der Waals surface area (Å²) >= 11 is 3.05. The molecule has 1 saturated heterocycles. The van der Waals surface area contributed by atoms with Crippen LogP contribution in [0.15, 0.2) is 16.6 Å². The maximum atomic E-state index is 13.0. The summed E-state index contributed by atoms with van der Waals surface area (Å²) in [6.07, 6.45) is 0. The van der Waals surface area contributed by atoms with E-state index in [2.05, 4.69) is 20.9 Å². The first-order valence-electron chi connectivity index (χ1n) is 4.38. The molecule has 1 aliphatic rings. The van der Waals surface area contributed by atoms with Crippen LogP contribution in [0.2, 0.25) is 0 Å². The van der Waals surface area contributed by atoms with Crippen LogP contribution in [0.4, 0.5) is 10.2 Å².